The Labute approximate surface area is 186 Å². The van der Waals surface area contributed by atoms with Crippen molar-refractivity contribution in [1.29, 1.82) is 0 Å². The number of benzene rings is 2. The molecule has 4 aromatic rings. The zero-order chi connectivity index (χ0) is 22.7. The summed E-state index contributed by atoms with van der Waals surface area (Å²) in [5.74, 6) is -0.0756. The Morgan fingerprint density at radius 1 is 1.03 bits per heavy atom. The van der Waals surface area contributed by atoms with E-state index in [1.807, 2.05) is 68.4 Å². The van der Waals surface area contributed by atoms with E-state index < -0.39 is 0 Å². The first-order valence-electron chi connectivity index (χ1n) is 10.9. The van der Waals surface area contributed by atoms with Crippen LogP contribution in [0.4, 0.5) is 5.69 Å². The highest BCUT2D eigenvalue weighted by Crippen LogP contribution is 2.21. The second-order valence-corrected chi connectivity index (χ2v) is 7.88. The van der Waals surface area contributed by atoms with Gasteiger partial charge in [0.05, 0.1) is 22.5 Å². The van der Waals surface area contributed by atoms with Crippen LogP contribution < -0.4 is 10.9 Å². The van der Waals surface area contributed by atoms with Crippen LogP contribution in [0.25, 0.3) is 16.6 Å². The van der Waals surface area contributed by atoms with E-state index in [4.69, 9.17) is 0 Å². The molecule has 1 amide bonds. The zero-order valence-corrected chi connectivity index (χ0v) is 18.6. The molecular formula is C25H27N5O2. The largest absolute Gasteiger partial charge is 0.326 e. The Kier molecular flexibility index (Phi) is 6.16. The number of fused-ring (bicyclic) bond motifs is 1. The van der Waals surface area contributed by atoms with E-state index in [9.17, 15) is 9.59 Å². The normalized spacial score (nSPS) is 11.1. The molecule has 2 heterocycles. The van der Waals surface area contributed by atoms with Crippen molar-refractivity contribution in [1.82, 2.24) is 19.6 Å². The minimum absolute atomic E-state index is 0.0756. The molecule has 0 bridgehead atoms. The maximum Gasteiger partial charge on any atom is 0.295 e. The number of nitrogens with zero attached hydrogens (tertiary/aromatic N) is 4. The second kappa shape index (κ2) is 9.18. The predicted molar refractivity (Wildman–Crippen MR) is 126 cm³/mol. The molecule has 0 unspecified atom stereocenters. The van der Waals surface area contributed by atoms with Crippen molar-refractivity contribution in [3.63, 3.8) is 0 Å². The fourth-order valence-electron chi connectivity index (χ4n) is 3.94. The van der Waals surface area contributed by atoms with E-state index >= 15 is 0 Å². The molecule has 164 valence electrons. The monoisotopic (exact) mass is 429 g/mol. The number of aromatic nitrogens is 4. The van der Waals surface area contributed by atoms with Gasteiger partial charge in [0, 0.05) is 18.7 Å². The molecule has 2 aromatic heterocycles. The predicted octanol–water partition coefficient (Wildman–Crippen LogP) is 4.18. The quantitative estimate of drug-likeness (QED) is 0.478. The first kappa shape index (κ1) is 21.5. The van der Waals surface area contributed by atoms with Gasteiger partial charge in [0.2, 0.25) is 5.91 Å². The van der Waals surface area contributed by atoms with Gasteiger partial charge in [-0.3, -0.25) is 9.59 Å². The van der Waals surface area contributed by atoms with Gasteiger partial charge < -0.3 is 5.32 Å². The van der Waals surface area contributed by atoms with Crippen molar-refractivity contribution >= 4 is 22.5 Å². The van der Waals surface area contributed by atoms with Crippen molar-refractivity contribution in [2.24, 2.45) is 0 Å². The summed E-state index contributed by atoms with van der Waals surface area (Å²) in [6.07, 6.45) is 1.73. The summed E-state index contributed by atoms with van der Waals surface area (Å²) in [5.41, 5.74) is 4.67. The number of carbonyl (C=O) groups is 1. The molecule has 0 saturated carbocycles. The van der Waals surface area contributed by atoms with E-state index in [0.29, 0.717) is 24.9 Å². The highest BCUT2D eigenvalue weighted by molar-refractivity contribution is 5.90. The number of rotatable bonds is 7. The molecule has 0 aliphatic heterocycles. The van der Waals surface area contributed by atoms with Crippen molar-refractivity contribution in [3.8, 4) is 5.69 Å². The van der Waals surface area contributed by atoms with E-state index in [1.165, 1.54) is 10.2 Å². The Morgan fingerprint density at radius 2 is 1.81 bits per heavy atom. The van der Waals surface area contributed by atoms with Crippen LogP contribution in [0.1, 0.15) is 36.7 Å². The highest BCUT2D eigenvalue weighted by Gasteiger charge is 2.17. The topological polar surface area (TPSA) is 81.8 Å². The average molecular weight is 430 g/mol. The summed E-state index contributed by atoms with van der Waals surface area (Å²) in [6, 6.07) is 17.6. The Hall–Kier alpha value is -3.74. The molecule has 0 aliphatic rings. The molecular weight excluding hydrogens is 402 g/mol. The molecule has 4 rings (SSSR count). The smallest absolute Gasteiger partial charge is 0.295 e. The molecule has 0 saturated heterocycles. The van der Waals surface area contributed by atoms with Gasteiger partial charge in [-0.15, -0.1) is 0 Å². The third kappa shape index (κ3) is 4.32. The number of hydrogen-bond donors (Lipinski definition) is 1. The summed E-state index contributed by atoms with van der Waals surface area (Å²) >= 11 is 0. The third-order valence-electron chi connectivity index (χ3n) is 5.58. The number of hydrogen-bond acceptors (Lipinski definition) is 4. The second-order valence-electron chi connectivity index (χ2n) is 7.88. The lowest BCUT2D eigenvalue weighted by Gasteiger charge is -2.08. The van der Waals surface area contributed by atoms with Gasteiger partial charge in [0.15, 0.2) is 5.52 Å². The third-order valence-corrected chi connectivity index (χ3v) is 5.58. The lowest BCUT2D eigenvalue weighted by atomic mass is 10.1. The van der Waals surface area contributed by atoms with Crippen molar-refractivity contribution < 1.29 is 4.79 Å². The Morgan fingerprint density at radius 3 is 2.56 bits per heavy atom. The van der Waals surface area contributed by atoms with Crippen LogP contribution >= 0.6 is 0 Å². The van der Waals surface area contributed by atoms with Gasteiger partial charge in [-0.05, 0) is 56.5 Å². The lowest BCUT2D eigenvalue weighted by Crippen LogP contribution is -2.25. The van der Waals surface area contributed by atoms with Crippen LogP contribution in [0.5, 0.6) is 0 Å². The first-order valence-corrected chi connectivity index (χ1v) is 10.9. The standard InChI is InChI=1S/C25H27N5O2/c1-4-19-10-8-11-20(16-19)26-22(31)14-9-15-29-25(32)24-23(17(2)27-29)18(3)30(28-24)21-12-6-5-7-13-21/h5-8,10-13,16H,4,9,14-15H2,1-3H3,(H,26,31). The van der Waals surface area contributed by atoms with Gasteiger partial charge in [-0.1, -0.05) is 37.3 Å². The van der Waals surface area contributed by atoms with Crippen molar-refractivity contribution in [2.75, 3.05) is 5.32 Å². The molecule has 0 atom stereocenters. The van der Waals surface area contributed by atoms with Crippen molar-refractivity contribution in [3.05, 3.63) is 81.9 Å². The number of anilines is 1. The Balaban J connectivity index is 1.49. The maximum atomic E-state index is 13.0. The molecule has 2 aromatic carbocycles. The summed E-state index contributed by atoms with van der Waals surface area (Å²) in [5, 5.41) is 12.8. The number of amides is 1. The van der Waals surface area contributed by atoms with Crippen LogP contribution in [-0.4, -0.2) is 25.5 Å². The molecule has 0 radical (unpaired) electrons. The van der Waals surface area contributed by atoms with Crippen LogP contribution in [0.3, 0.4) is 0 Å². The fraction of sp³-hybridized carbons (Fsp3) is 0.280. The fourth-order valence-corrected chi connectivity index (χ4v) is 3.94. The maximum absolute atomic E-state index is 13.0. The first-order chi connectivity index (χ1) is 15.5. The van der Waals surface area contributed by atoms with Gasteiger partial charge in [-0.2, -0.15) is 10.2 Å². The van der Waals surface area contributed by atoms with Crippen LogP contribution in [0.2, 0.25) is 0 Å². The molecule has 0 fully saturated rings. The van der Waals surface area contributed by atoms with E-state index in [-0.39, 0.29) is 11.5 Å². The van der Waals surface area contributed by atoms with E-state index in [0.717, 1.165) is 34.6 Å². The number of para-hydroxylation sites is 1. The van der Waals surface area contributed by atoms with Crippen LogP contribution in [0, 0.1) is 13.8 Å². The minimum Gasteiger partial charge on any atom is -0.326 e. The molecule has 0 aliphatic carbocycles. The van der Waals surface area contributed by atoms with Crippen LogP contribution in [0.15, 0.2) is 59.4 Å². The van der Waals surface area contributed by atoms with Gasteiger partial charge in [-0.25, -0.2) is 9.36 Å². The zero-order valence-electron chi connectivity index (χ0n) is 18.6. The molecule has 0 spiro atoms. The Bertz CT molecular complexity index is 1320. The van der Waals surface area contributed by atoms with E-state index in [1.54, 1.807) is 4.68 Å². The number of nitrogens with one attached hydrogen (secondary N) is 1. The van der Waals surface area contributed by atoms with Gasteiger partial charge in [0.1, 0.15) is 0 Å². The van der Waals surface area contributed by atoms with Crippen molar-refractivity contribution in [2.45, 2.75) is 46.6 Å². The van der Waals surface area contributed by atoms with E-state index in [2.05, 4.69) is 22.4 Å². The molecule has 1 N–H and O–H groups in total. The summed E-state index contributed by atoms with van der Waals surface area (Å²) in [6.45, 7) is 6.26. The summed E-state index contributed by atoms with van der Waals surface area (Å²) < 4.78 is 3.20. The number of carbonyl (C=O) groups excluding carboxylic acids is 1. The summed E-state index contributed by atoms with van der Waals surface area (Å²) in [7, 11) is 0. The summed E-state index contributed by atoms with van der Waals surface area (Å²) in [4.78, 5) is 25.4. The van der Waals surface area contributed by atoms with Crippen LogP contribution in [-0.2, 0) is 17.8 Å². The molecule has 32 heavy (non-hydrogen) atoms. The lowest BCUT2D eigenvalue weighted by molar-refractivity contribution is -0.116. The molecule has 7 nitrogen and oxygen atoms in total. The SMILES string of the molecule is CCc1cccc(NC(=O)CCCn2nc(C)c3c(C)n(-c4ccccc4)nc3c2=O)c1. The number of aryl methyl sites for hydroxylation is 4. The average Bonchev–Trinajstić information content (AvgIpc) is 3.15. The van der Waals surface area contributed by atoms with Gasteiger partial charge in [0.25, 0.3) is 5.56 Å². The van der Waals surface area contributed by atoms with Gasteiger partial charge >= 0.3 is 0 Å². The minimum atomic E-state index is -0.237. The highest BCUT2D eigenvalue weighted by atomic mass is 16.1. The molecule has 7 heteroatoms.